The molecule has 4 fully saturated rings. The maximum atomic E-state index is 14.8. The molecule has 1 saturated carbocycles. The van der Waals surface area contributed by atoms with Gasteiger partial charge in [-0.2, -0.15) is 15.5 Å². The number of amides is 2. The number of hydrogen-bond donors (Lipinski definition) is 0. The summed E-state index contributed by atoms with van der Waals surface area (Å²) >= 11 is 0. The molecule has 6 aromatic rings. The monoisotopic (exact) mass is 1040 g/mol. The Morgan fingerprint density at radius 1 is 0.935 bits per heavy atom. The summed E-state index contributed by atoms with van der Waals surface area (Å²) in [7, 11) is 3.71. The van der Waals surface area contributed by atoms with Gasteiger partial charge in [0.25, 0.3) is 12.3 Å². The van der Waals surface area contributed by atoms with Crippen LogP contribution >= 0.6 is 0 Å². The standard InChI is InChI=1S/C59H70F2N14O2/c1-38-31-59(37-74(38)51-15-11-42(32-62)55-46(51)8-5-22-63-55)20-27-71(28-21-59)54-16-14-50(65-66-54)58(77)69(4)44-17-24-70(25-18-44)34-40-9-12-45(13-10-40)75-52-19-26-72(39(2)76)36-49(52)57(67-75)73-23-6-7-41-29-47(43-33-64-68(3)35-43)48(56(60)61)30-53(41)73/h5,8,11,14-16,22,29-30,33,35,38,40,44-45,56H,6-7,9-10,12-13,17-21,23-28,31,34,36-37H2,1-4H3/t38-,40?,45?/m0/s1. The average Bonchev–Trinajstić information content (AvgIpc) is 4.17. The molecule has 4 aromatic heterocycles. The second kappa shape index (κ2) is 20.8. The molecular formula is C59H70F2N14O2. The van der Waals surface area contributed by atoms with E-state index >= 15 is 0 Å². The lowest BCUT2D eigenvalue weighted by molar-refractivity contribution is -0.129. The number of carbonyl (C=O) groups excluding carboxylic acids is 2. The van der Waals surface area contributed by atoms with Crippen molar-refractivity contribution in [2.75, 3.05) is 74.1 Å². The number of hydrogen-bond acceptors (Lipinski definition) is 12. The van der Waals surface area contributed by atoms with Gasteiger partial charge in [0.15, 0.2) is 17.3 Å². The smallest absolute Gasteiger partial charge is 0.274 e. The molecular weight excluding hydrogens is 975 g/mol. The number of alkyl halides is 2. The van der Waals surface area contributed by atoms with Crippen molar-refractivity contribution in [2.24, 2.45) is 18.4 Å². The molecule has 1 aliphatic carbocycles. The highest BCUT2D eigenvalue weighted by molar-refractivity contribution is 5.95. The first-order chi connectivity index (χ1) is 37.3. The molecule has 2 aromatic carbocycles. The van der Waals surface area contributed by atoms with E-state index in [1.807, 2.05) is 47.2 Å². The number of carbonyl (C=O) groups is 2. The van der Waals surface area contributed by atoms with Crippen molar-refractivity contribution in [3.8, 4) is 17.2 Å². The number of pyridine rings is 1. The number of nitrogens with zero attached hydrogens (tertiary/aromatic N) is 14. The Morgan fingerprint density at radius 2 is 1.74 bits per heavy atom. The minimum Gasteiger partial charge on any atom is -0.368 e. The second-order valence-corrected chi connectivity index (χ2v) is 23.1. The number of nitriles is 1. The Kier molecular flexibility index (Phi) is 13.7. The van der Waals surface area contributed by atoms with Gasteiger partial charge in [0.05, 0.1) is 29.9 Å². The van der Waals surface area contributed by atoms with Gasteiger partial charge in [0.1, 0.15) is 6.07 Å². The van der Waals surface area contributed by atoms with Gasteiger partial charge in [-0.05, 0) is 149 Å². The normalized spacial score (nSPS) is 21.9. The summed E-state index contributed by atoms with van der Waals surface area (Å²) in [6.07, 6.45) is 14.1. The van der Waals surface area contributed by atoms with E-state index in [1.54, 1.807) is 43.3 Å². The van der Waals surface area contributed by atoms with Crippen LogP contribution in [0.25, 0.3) is 22.0 Å². The number of benzene rings is 2. The van der Waals surface area contributed by atoms with Crippen molar-refractivity contribution in [1.29, 1.82) is 5.26 Å². The van der Waals surface area contributed by atoms with E-state index in [-0.39, 0.29) is 34.9 Å². The molecule has 5 aliphatic heterocycles. The lowest BCUT2D eigenvalue weighted by Crippen LogP contribution is -2.47. The van der Waals surface area contributed by atoms with Crippen LogP contribution in [0.4, 0.5) is 31.8 Å². The topological polar surface area (TPSA) is 152 Å². The number of likely N-dealkylation sites (tertiary alicyclic amines) is 1. The fourth-order valence-corrected chi connectivity index (χ4v) is 14.2. The number of anilines is 4. The van der Waals surface area contributed by atoms with Gasteiger partial charge in [0.2, 0.25) is 5.91 Å². The summed E-state index contributed by atoms with van der Waals surface area (Å²) in [5.74, 6) is 2.13. The fourth-order valence-electron chi connectivity index (χ4n) is 14.2. The van der Waals surface area contributed by atoms with Crippen molar-refractivity contribution < 1.29 is 18.4 Å². The van der Waals surface area contributed by atoms with Crippen LogP contribution in [-0.4, -0.2) is 133 Å². The van der Waals surface area contributed by atoms with Gasteiger partial charge >= 0.3 is 0 Å². The number of rotatable bonds is 10. The van der Waals surface area contributed by atoms with Gasteiger partial charge in [-0.1, -0.05) is 0 Å². The maximum Gasteiger partial charge on any atom is 0.274 e. The Balaban J connectivity index is 0.638. The summed E-state index contributed by atoms with van der Waals surface area (Å²) in [6.45, 7) is 11.4. The van der Waals surface area contributed by atoms with Crippen molar-refractivity contribution in [3.63, 3.8) is 0 Å². The molecule has 2 amide bonds. The van der Waals surface area contributed by atoms with Crippen molar-refractivity contribution in [2.45, 2.75) is 122 Å². The quantitative estimate of drug-likeness (QED) is 0.129. The summed E-state index contributed by atoms with van der Waals surface area (Å²) in [5.41, 5.74) is 8.30. The second-order valence-electron chi connectivity index (χ2n) is 23.1. The van der Waals surface area contributed by atoms with Gasteiger partial charge in [-0.3, -0.25) is 23.9 Å². The number of fused-ring (bicyclic) bond motifs is 3. The highest BCUT2D eigenvalue weighted by atomic mass is 19.3. The molecule has 1 atom stereocenters. The SMILES string of the molecule is CC(=O)N1CCc2c(c(N3CCCc4cc(-c5cnn(C)c5)c(C(F)F)cc43)nn2C2CCC(CN3CCC(N(C)C(=O)c4ccc(N5CCC6(CC5)C[C@H](C)N(c5ccc(C#N)c7ncccc57)C6)nn4)CC3)CC2)C1. The number of aromatic nitrogens is 7. The molecule has 0 unspecified atom stereocenters. The first kappa shape index (κ1) is 50.8. The van der Waals surface area contributed by atoms with Crippen LogP contribution in [0, 0.1) is 22.7 Å². The zero-order valence-corrected chi connectivity index (χ0v) is 44.9. The number of halogens is 2. The maximum absolute atomic E-state index is 14.8. The highest BCUT2D eigenvalue weighted by Gasteiger charge is 2.45. The molecule has 3 saturated heterocycles. The third-order valence-electron chi connectivity index (χ3n) is 18.5. The molecule has 402 valence electrons. The first-order valence-corrected chi connectivity index (χ1v) is 28.0. The summed E-state index contributed by atoms with van der Waals surface area (Å²) < 4.78 is 33.5. The lowest BCUT2D eigenvalue weighted by Gasteiger charge is -2.40. The van der Waals surface area contributed by atoms with E-state index < -0.39 is 6.43 Å². The molecule has 0 N–H and O–H groups in total. The van der Waals surface area contributed by atoms with Gasteiger partial charge < -0.3 is 29.4 Å². The largest absolute Gasteiger partial charge is 0.368 e. The van der Waals surface area contributed by atoms with E-state index in [2.05, 4.69) is 69.7 Å². The third kappa shape index (κ3) is 9.67. The molecule has 9 heterocycles. The minimum atomic E-state index is -2.66. The van der Waals surface area contributed by atoms with Crippen LogP contribution in [0.2, 0.25) is 0 Å². The van der Waals surface area contributed by atoms with Crippen molar-refractivity contribution >= 4 is 45.7 Å². The molecule has 77 heavy (non-hydrogen) atoms. The van der Waals surface area contributed by atoms with Crippen LogP contribution in [0.3, 0.4) is 0 Å². The molecule has 0 radical (unpaired) electrons. The molecule has 1 spiro atoms. The molecule has 12 rings (SSSR count). The number of aryl methyl sites for hydroxylation is 2. The van der Waals surface area contributed by atoms with E-state index in [9.17, 15) is 23.6 Å². The Morgan fingerprint density at radius 3 is 2.45 bits per heavy atom. The molecule has 6 aliphatic rings. The van der Waals surface area contributed by atoms with Crippen LogP contribution in [0.15, 0.2) is 67.1 Å². The van der Waals surface area contributed by atoms with Crippen LogP contribution in [-0.2, 0) is 31.2 Å². The van der Waals surface area contributed by atoms with Gasteiger partial charge in [-0.15, -0.1) is 10.2 Å². The van der Waals surface area contributed by atoms with Gasteiger partial charge in [-0.25, -0.2) is 8.78 Å². The van der Waals surface area contributed by atoms with E-state index in [1.165, 1.54) is 5.69 Å². The van der Waals surface area contributed by atoms with Crippen LogP contribution < -0.4 is 14.7 Å². The first-order valence-electron chi connectivity index (χ1n) is 28.0. The predicted octanol–water partition coefficient (Wildman–Crippen LogP) is 9.27. The summed E-state index contributed by atoms with van der Waals surface area (Å²) in [5, 5.41) is 29.5. The minimum absolute atomic E-state index is 0.00807. The van der Waals surface area contributed by atoms with Gasteiger partial charge in [0, 0.05) is 143 Å². The Labute approximate surface area is 449 Å². The average molecular weight is 1050 g/mol. The van der Waals surface area contributed by atoms with Crippen LogP contribution in [0.5, 0.6) is 0 Å². The Hall–Kier alpha value is -7.00. The fraction of sp³-hybridized carbons (Fsp3) is 0.525. The van der Waals surface area contributed by atoms with E-state index in [0.717, 1.165) is 155 Å². The lowest BCUT2D eigenvalue weighted by atomic mass is 9.77. The molecule has 18 heteroatoms. The molecule has 16 nitrogen and oxygen atoms in total. The zero-order chi connectivity index (χ0) is 53.1. The highest BCUT2D eigenvalue weighted by Crippen LogP contribution is 2.48. The summed E-state index contributed by atoms with van der Waals surface area (Å²) in [6, 6.07) is 18.5. The molecule has 0 bridgehead atoms. The van der Waals surface area contributed by atoms with Crippen LogP contribution in [0.1, 0.15) is 129 Å². The van der Waals surface area contributed by atoms with Crippen molar-refractivity contribution in [3.05, 3.63) is 101 Å². The third-order valence-corrected chi connectivity index (χ3v) is 18.5. The summed E-state index contributed by atoms with van der Waals surface area (Å²) in [4.78, 5) is 44.5. The zero-order valence-electron chi connectivity index (χ0n) is 44.9. The number of piperidine rings is 2. The van der Waals surface area contributed by atoms with E-state index in [4.69, 9.17) is 5.10 Å². The predicted molar refractivity (Wildman–Crippen MR) is 292 cm³/mol. The Bertz CT molecular complexity index is 3220. The van der Waals surface area contributed by atoms with E-state index in [0.29, 0.717) is 60.4 Å². The van der Waals surface area contributed by atoms with Crippen molar-refractivity contribution in [1.82, 2.24) is 49.4 Å².